The highest BCUT2D eigenvalue weighted by Crippen LogP contribution is 2.22. The van der Waals surface area contributed by atoms with E-state index < -0.39 is 80.6 Å². The predicted molar refractivity (Wildman–Crippen MR) is 112 cm³/mol. The van der Waals surface area contributed by atoms with Gasteiger partial charge in [0.05, 0.1) is 0 Å². The van der Waals surface area contributed by atoms with Crippen LogP contribution in [0, 0.1) is 5.41 Å². The van der Waals surface area contributed by atoms with Crippen LogP contribution in [0.15, 0.2) is 25.3 Å². The zero-order valence-corrected chi connectivity index (χ0v) is 19.4. The summed E-state index contributed by atoms with van der Waals surface area (Å²) in [5, 5.41) is 0. The van der Waals surface area contributed by atoms with Gasteiger partial charge in [-0.2, -0.15) is 0 Å². The van der Waals surface area contributed by atoms with E-state index in [1.807, 2.05) is 0 Å². The molecule has 37 heavy (non-hydrogen) atoms. The predicted octanol–water partition coefficient (Wildman–Crippen LogP) is 0.808. The number of carbonyl (C=O) groups excluding carboxylic acids is 6. The van der Waals surface area contributed by atoms with Gasteiger partial charge >= 0.3 is 36.6 Å². The van der Waals surface area contributed by atoms with E-state index in [4.69, 9.17) is 37.9 Å². The molecule has 0 aliphatic carbocycles. The third-order valence-electron chi connectivity index (χ3n) is 4.44. The number of rotatable bonds is 14. The average molecular weight is 532 g/mol. The van der Waals surface area contributed by atoms with Gasteiger partial charge in [0.25, 0.3) is 0 Å². The Kier molecular flexibility index (Phi) is 11.0. The van der Waals surface area contributed by atoms with Gasteiger partial charge in [0.15, 0.2) is 12.2 Å². The number of cyclic esters (lactones) is 4. The highest BCUT2D eigenvalue weighted by Gasteiger charge is 2.39. The lowest BCUT2D eigenvalue weighted by Gasteiger charge is -2.30. The highest BCUT2D eigenvalue weighted by molar-refractivity contribution is 5.81. The Morgan fingerprint density at radius 3 is 1.41 bits per heavy atom. The summed E-state index contributed by atoms with van der Waals surface area (Å²) in [5.41, 5.74) is -1.64. The van der Waals surface area contributed by atoms with Crippen LogP contribution in [0.2, 0.25) is 0 Å². The van der Waals surface area contributed by atoms with E-state index in [9.17, 15) is 28.8 Å². The van der Waals surface area contributed by atoms with Gasteiger partial charge in [0.1, 0.15) is 58.3 Å². The van der Waals surface area contributed by atoms with Crippen molar-refractivity contribution in [1.29, 1.82) is 0 Å². The number of hydrogen-bond donors (Lipinski definition) is 0. The molecule has 0 aromatic carbocycles. The molecule has 2 unspecified atom stereocenters. The van der Waals surface area contributed by atoms with Crippen molar-refractivity contribution in [2.45, 2.75) is 12.2 Å². The largest absolute Gasteiger partial charge is 0.508 e. The molecule has 0 aromatic heterocycles. The lowest BCUT2D eigenvalue weighted by Crippen LogP contribution is -2.44. The standard InChI is InChI=1S/C21H24O16/c1-3-15(22)32-9-21(10-33-16(23)4-2,11-34-17(24)28-5-13-7-30-19(26)36-13)12-35-18(25)29-6-14-8-31-20(27)37-14/h3-4,13-14H,1-2,5-12H2. The molecule has 2 aliphatic rings. The zero-order chi connectivity index (χ0) is 27.3. The van der Waals surface area contributed by atoms with Crippen LogP contribution in [0.3, 0.4) is 0 Å². The molecule has 16 heteroatoms. The summed E-state index contributed by atoms with van der Waals surface area (Å²) in [6, 6.07) is 0. The van der Waals surface area contributed by atoms with Crippen molar-refractivity contribution in [2.24, 2.45) is 5.41 Å². The molecule has 0 saturated carbocycles. The Hall–Kier alpha value is -4.50. The summed E-state index contributed by atoms with van der Waals surface area (Å²) < 4.78 is 48.3. The van der Waals surface area contributed by atoms with Crippen LogP contribution in [0.5, 0.6) is 0 Å². The maximum Gasteiger partial charge on any atom is 0.508 e. The number of carbonyl (C=O) groups is 6. The molecule has 0 spiro atoms. The third kappa shape index (κ3) is 10.3. The van der Waals surface area contributed by atoms with Crippen LogP contribution >= 0.6 is 0 Å². The quantitative estimate of drug-likeness (QED) is 0.173. The Labute approximate surface area is 209 Å². The maximum atomic E-state index is 12.1. The molecule has 0 N–H and O–H groups in total. The molecule has 0 amide bonds. The molecule has 2 aliphatic heterocycles. The summed E-state index contributed by atoms with van der Waals surface area (Å²) in [7, 11) is 0. The van der Waals surface area contributed by atoms with Crippen LogP contribution in [-0.4, -0.2) is 102 Å². The van der Waals surface area contributed by atoms with Crippen molar-refractivity contribution >= 4 is 36.6 Å². The fourth-order valence-corrected chi connectivity index (χ4v) is 2.54. The van der Waals surface area contributed by atoms with Crippen LogP contribution in [0.1, 0.15) is 0 Å². The summed E-state index contributed by atoms with van der Waals surface area (Å²) in [6.07, 6.45) is -4.29. The molecule has 0 radical (unpaired) electrons. The molecule has 204 valence electrons. The molecule has 2 rings (SSSR count). The summed E-state index contributed by atoms with van der Waals surface area (Å²) in [5.74, 6) is -1.76. The van der Waals surface area contributed by atoms with E-state index >= 15 is 0 Å². The van der Waals surface area contributed by atoms with Crippen molar-refractivity contribution in [3.8, 4) is 0 Å². The normalized spacial score (nSPS) is 18.2. The van der Waals surface area contributed by atoms with Gasteiger partial charge in [0, 0.05) is 12.2 Å². The van der Waals surface area contributed by atoms with Crippen molar-refractivity contribution in [2.75, 3.05) is 52.9 Å². The second-order valence-corrected chi connectivity index (χ2v) is 7.42. The Morgan fingerprint density at radius 1 is 0.703 bits per heavy atom. The number of esters is 2. The molecule has 0 bridgehead atoms. The van der Waals surface area contributed by atoms with E-state index in [-0.39, 0.29) is 26.4 Å². The molecular formula is C21H24O16. The van der Waals surface area contributed by atoms with Gasteiger partial charge in [-0.3, -0.25) is 0 Å². The van der Waals surface area contributed by atoms with E-state index in [2.05, 4.69) is 22.6 Å². The molecule has 2 fully saturated rings. The Morgan fingerprint density at radius 2 is 1.08 bits per heavy atom. The lowest BCUT2D eigenvalue weighted by molar-refractivity contribution is -0.154. The summed E-state index contributed by atoms with van der Waals surface area (Å²) in [4.78, 5) is 69.3. The second-order valence-electron chi connectivity index (χ2n) is 7.42. The first-order chi connectivity index (χ1) is 17.6. The summed E-state index contributed by atoms with van der Waals surface area (Å²) >= 11 is 0. The lowest BCUT2D eigenvalue weighted by atomic mass is 9.92. The fraction of sp³-hybridized carbons (Fsp3) is 0.524. The van der Waals surface area contributed by atoms with Crippen molar-refractivity contribution in [3.63, 3.8) is 0 Å². The monoisotopic (exact) mass is 532 g/mol. The fourth-order valence-electron chi connectivity index (χ4n) is 2.54. The molecule has 2 heterocycles. The van der Waals surface area contributed by atoms with Crippen molar-refractivity contribution < 1.29 is 76.1 Å². The van der Waals surface area contributed by atoms with Crippen LogP contribution < -0.4 is 0 Å². The minimum Gasteiger partial charge on any atom is -0.462 e. The molecule has 2 atom stereocenters. The van der Waals surface area contributed by atoms with Gasteiger partial charge < -0.3 is 47.4 Å². The van der Waals surface area contributed by atoms with Crippen LogP contribution in [-0.2, 0) is 57.0 Å². The maximum absolute atomic E-state index is 12.1. The molecule has 16 nitrogen and oxygen atoms in total. The zero-order valence-electron chi connectivity index (χ0n) is 19.4. The van der Waals surface area contributed by atoms with Gasteiger partial charge in [-0.15, -0.1) is 0 Å². The van der Waals surface area contributed by atoms with Crippen molar-refractivity contribution in [1.82, 2.24) is 0 Å². The van der Waals surface area contributed by atoms with Gasteiger partial charge in [0.2, 0.25) is 0 Å². The minimum absolute atomic E-state index is 0.132. The third-order valence-corrected chi connectivity index (χ3v) is 4.44. The first-order valence-corrected chi connectivity index (χ1v) is 10.5. The first-order valence-electron chi connectivity index (χ1n) is 10.5. The minimum atomic E-state index is -1.64. The average Bonchev–Trinajstić information content (AvgIpc) is 3.51. The topological polar surface area (TPSA) is 195 Å². The SMILES string of the molecule is C=CC(=O)OCC(COC(=O)C=C)(COC(=O)OCC1COC(=O)O1)COC(=O)OCC1COC(=O)O1. The molecular weight excluding hydrogens is 508 g/mol. The number of hydrogen-bond acceptors (Lipinski definition) is 16. The Bertz CT molecular complexity index is 823. The van der Waals surface area contributed by atoms with Crippen LogP contribution in [0.4, 0.5) is 19.2 Å². The second kappa shape index (κ2) is 14.2. The van der Waals surface area contributed by atoms with Crippen LogP contribution in [0.25, 0.3) is 0 Å². The van der Waals surface area contributed by atoms with E-state index in [1.54, 1.807) is 0 Å². The first kappa shape index (κ1) is 28.7. The van der Waals surface area contributed by atoms with E-state index in [0.717, 1.165) is 12.2 Å². The van der Waals surface area contributed by atoms with Gasteiger partial charge in [-0.05, 0) is 0 Å². The van der Waals surface area contributed by atoms with E-state index in [0.29, 0.717) is 0 Å². The highest BCUT2D eigenvalue weighted by atomic mass is 16.8. The molecule has 2 saturated heterocycles. The smallest absolute Gasteiger partial charge is 0.462 e. The number of ether oxygens (including phenoxy) is 10. The summed E-state index contributed by atoms with van der Waals surface area (Å²) in [6.45, 7) is 3.03. The van der Waals surface area contributed by atoms with Gasteiger partial charge in [-0.25, -0.2) is 28.8 Å². The molecule has 0 aromatic rings. The Balaban J connectivity index is 2.00. The van der Waals surface area contributed by atoms with E-state index in [1.165, 1.54) is 0 Å². The van der Waals surface area contributed by atoms with Gasteiger partial charge in [-0.1, -0.05) is 13.2 Å². The van der Waals surface area contributed by atoms with Crippen molar-refractivity contribution in [3.05, 3.63) is 25.3 Å².